The van der Waals surface area contributed by atoms with E-state index in [1.54, 1.807) is 24.5 Å². The molecule has 0 unspecified atom stereocenters. The van der Waals surface area contributed by atoms with E-state index in [-0.39, 0.29) is 5.43 Å². The molecule has 1 N–H and O–H groups in total. The molecule has 5 nitrogen and oxygen atoms in total. The molecule has 5 aromatic rings. The predicted octanol–water partition coefficient (Wildman–Crippen LogP) is 5.33. The first-order valence-corrected chi connectivity index (χ1v) is 9.59. The highest BCUT2D eigenvalue weighted by molar-refractivity contribution is 6.35. The minimum Gasteiger partial charge on any atom is -0.346 e. The van der Waals surface area contributed by atoms with Crippen LogP contribution in [-0.4, -0.2) is 15.0 Å². The van der Waals surface area contributed by atoms with E-state index in [0.29, 0.717) is 32.8 Å². The van der Waals surface area contributed by atoms with Crippen molar-refractivity contribution in [1.82, 2.24) is 15.0 Å². The summed E-state index contributed by atoms with van der Waals surface area (Å²) in [5.74, 6) is 0. The fourth-order valence-electron chi connectivity index (χ4n) is 3.58. The molecule has 0 saturated carbocycles. The van der Waals surface area contributed by atoms with E-state index < -0.39 is 0 Å². The average Bonchev–Trinajstić information content (AvgIpc) is 2.78. The van der Waals surface area contributed by atoms with E-state index in [0.717, 1.165) is 22.1 Å². The minimum absolute atomic E-state index is 0.122. The summed E-state index contributed by atoms with van der Waals surface area (Å²) in [6.07, 6.45) is 3.27. The molecule has 0 atom stereocenters. The van der Waals surface area contributed by atoms with Crippen molar-refractivity contribution in [2.24, 2.45) is 0 Å². The second-order valence-electron chi connectivity index (χ2n) is 6.85. The van der Waals surface area contributed by atoms with Crippen molar-refractivity contribution >= 4 is 33.5 Å². The molecule has 2 aromatic carbocycles. The van der Waals surface area contributed by atoms with Gasteiger partial charge in [-0.1, -0.05) is 29.8 Å². The number of H-pyrrole nitrogens is 1. The summed E-state index contributed by atoms with van der Waals surface area (Å²) < 4.78 is 0. The van der Waals surface area contributed by atoms with Gasteiger partial charge in [0.1, 0.15) is 5.65 Å². The Balaban J connectivity index is 1.87. The van der Waals surface area contributed by atoms with Gasteiger partial charge in [0.2, 0.25) is 0 Å². The van der Waals surface area contributed by atoms with E-state index >= 15 is 0 Å². The smallest absolute Gasteiger partial charge is 0.191 e. The van der Waals surface area contributed by atoms with Crippen LogP contribution in [0, 0.1) is 11.3 Å². The van der Waals surface area contributed by atoms with Gasteiger partial charge in [0.15, 0.2) is 5.43 Å². The van der Waals surface area contributed by atoms with Gasteiger partial charge < -0.3 is 4.98 Å². The number of fused-ring (bicyclic) bond motifs is 2. The van der Waals surface area contributed by atoms with E-state index in [1.807, 2.05) is 42.5 Å². The Morgan fingerprint density at radius 3 is 2.77 bits per heavy atom. The Bertz CT molecular complexity index is 1550. The molecule has 142 valence electrons. The molecule has 30 heavy (non-hydrogen) atoms. The second kappa shape index (κ2) is 7.11. The van der Waals surface area contributed by atoms with Crippen LogP contribution in [0.1, 0.15) is 5.56 Å². The number of benzene rings is 2. The zero-order valence-electron chi connectivity index (χ0n) is 15.6. The highest BCUT2D eigenvalue weighted by atomic mass is 35.5. The lowest BCUT2D eigenvalue weighted by Gasteiger charge is -2.13. The first-order valence-electron chi connectivity index (χ1n) is 9.22. The van der Waals surface area contributed by atoms with Gasteiger partial charge in [-0.15, -0.1) is 0 Å². The van der Waals surface area contributed by atoms with Crippen molar-refractivity contribution < 1.29 is 0 Å². The van der Waals surface area contributed by atoms with E-state index in [4.69, 9.17) is 16.6 Å². The van der Waals surface area contributed by atoms with Crippen LogP contribution in [0.4, 0.5) is 0 Å². The van der Waals surface area contributed by atoms with Gasteiger partial charge in [0, 0.05) is 35.0 Å². The van der Waals surface area contributed by atoms with Gasteiger partial charge in [-0.3, -0.25) is 9.78 Å². The monoisotopic (exact) mass is 408 g/mol. The maximum absolute atomic E-state index is 12.5. The Labute approximate surface area is 176 Å². The molecule has 6 heteroatoms. The summed E-state index contributed by atoms with van der Waals surface area (Å²) in [5, 5.41) is 11.2. The summed E-state index contributed by atoms with van der Waals surface area (Å²) in [5.41, 5.74) is 4.60. The molecule has 0 bridgehead atoms. The Morgan fingerprint density at radius 1 is 1.00 bits per heavy atom. The summed E-state index contributed by atoms with van der Waals surface area (Å²) in [6, 6.07) is 20.3. The standard InChI is InChI=1S/C24H13ClN4O/c25-20-11-17(10-16-5-2-7-27-23(16)20)18-12-19-21(30)6-8-28-24(19)29-22(18)15-4-1-3-14(9-15)13-26/h1-12H,(H,28,29,30). The van der Waals surface area contributed by atoms with Gasteiger partial charge in [-0.25, -0.2) is 4.98 Å². The highest BCUT2D eigenvalue weighted by Gasteiger charge is 2.15. The molecule has 5 rings (SSSR count). The molecule has 0 fully saturated rings. The minimum atomic E-state index is -0.122. The molecule has 0 radical (unpaired) electrons. The number of rotatable bonds is 2. The van der Waals surface area contributed by atoms with E-state index in [1.165, 1.54) is 6.07 Å². The van der Waals surface area contributed by atoms with E-state index in [9.17, 15) is 10.1 Å². The van der Waals surface area contributed by atoms with Crippen LogP contribution in [0.25, 0.3) is 44.3 Å². The zero-order valence-corrected chi connectivity index (χ0v) is 16.3. The number of aromatic nitrogens is 3. The number of nitrogens with zero attached hydrogens (tertiary/aromatic N) is 3. The van der Waals surface area contributed by atoms with Crippen molar-refractivity contribution in [3.8, 4) is 28.5 Å². The maximum atomic E-state index is 12.5. The first-order chi connectivity index (χ1) is 14.6. The lowest BCUT2D eigenvalue weighted by atomic mass is 9.96. The lowest BCUT2D eigenvalue weighted by molar-refractivity contribution is 1.28. The van der Waals surface area contributed by atoms with Crippen LogP contribution in [-0.2, 0) is 0 Å². The fourth-order valence-corrected chi connectivity index (χ4v) is 3.85. The third-order valence-electron chi connectivity index (χ3n) is 4.98. The van der Waals surface area contributed by atoms with Crippen LogP contribution >= 0.6 is 11.6 Å². The summed E-state index contributed by atoms with van der Waals surface area (Å²) in [4.78, 5) is 24.6. The van der Waals surface area contributed by atoms with Crippen molar-refractivity contribution in [3.63, 3.8) is 0 Å². The topological polar surface area (TPSA) is 82.4 Å². The number of halogens is 1. The van der Waals surface area contributed by atoms with Crippen LogP contribution in [0.15, 0.2) is 77.9 Å². The zero-order chi connectivity index (χ0) is 20.7. The van der Waals surface area contributed by atoms with Crippen LogP contribution in [0.2, 0.25) is 5.02 Å². The van der Waals surface area contributed by atoms with Gasteiger partial charge in [0.25, 0.3) is 0 Å². The molecular weight excluding hydrogens is 396 g/mol. The Kier molecular flexibility index (Phi) is 4.27. The first kappa shape index (κ1) is 18.0. The number of aromatic amines is 1. The number of nitriles is 1. The molecule has 0 amide bonds. The SMILES string of the molecule is N#Cc1cccc(-c2nc3[nH]ccc(=O)c3cc2-c2cc(Cl)c3ncccc3c2)c1. The molecule has 3 aromatic heterocycles. The number of hydrogen-bond donors (Lipinski definition) is 1. The van der Waals surface area contributed by atoms with Crippen LogP contribution in [0.3, 0.4) is 0 Å². The second-order valence-corrected chi connectivity index (χ2v) is 7.26. The van der Waals surface area contributed by atoms with Crippen molar-refractivity contribution in [1.29, 1.82) is 5.26 Å². The molecule has 0 aliphatic heterocycles. The van der Waals surface area contributed by atoms with Crippen LogP contribution in [0.5, 0.6) is 0 Å². The highest BCUT2D eigenvalue weighted by Crippen LogP contribution is 2.36. The Morgan fingerprint density at radius 2 is 1.90 bits per heavy atom. The third kappa shape index (κ3) is 3.00. The largest absolute Gasteiger partial charge is 0.346 e. The quantitative estimate of drug-likeness (QED) is 0.428. The lowest BCUT2D eigenvalue weighted by Crippen LogP contribution is -2.03. The van der Waals surface area contributed by atoms with Crippen molar-refractivity contribution in [3.05, 3.63) is 93.9 Å². The van der Waals surface area contributed by atoms with Crippen LogP contribution < -0.4 is 5.43 Å². The van der Waals surface area contributed by atoms with Gasteiger partial charge >= 0.3 is 0 Å². The average molecular weight is 409 g/mol. The number of nitrogens with one attached hydrogen (secondary N) is 1. The predicted molar refractivity (Wildman–Crippen MR) is 118 cm³/mol. The molecule has 0 aliphatic carbocycles. The normalized spacial score (nSPS) is 10.9. The summed E-state index contributed by atoms with van der Waals surface area (Å²) >= 11 is 6.51. The number of pyridine rings is 3. The van der Waals surface area contributed by atoms with Gasteiger partial charge in [-0.05, 0) is 42.0 Å². The van der Waals surface area contributed by atoms with Gasteiger partial charge in [0.05, 0.1) is 33.3 Å². The molecule has 0 saturated heterocycles. The van der Waals surface area contributed by atoms with Crippen molar-refractivity contribution in [2.75, 3.05) is 0 Å². The maximum Gasteiger partial charge on any atom is 0.191 e. The summed E-state index contributed by atoms with van der Waals surface area (Å²) in [6.45, 7) is 0. The summed E-state index contributed by atoms with van der Waals surface area (Å²) in [7, 11) is 0. The number of hydrogen-bond acceptors (Lipinski definition) is 4. The van der Waals surface area contributed by atoms with Gasteiger partial charge in [-0.2, -0.15) is 5.26 Å². The fraction of sp³-hybridized carbons (Fsp3) is 0. The Hall–Kier alpha value is -4.01. The molecular formula is C24H13ClN4O. The molecule has 0 aliphatic rings. The van der Waals surface area contributed by atoms with E-state index in [2.05, 4.69) is 16.0 Å². The van der Waals surface area contributed by atoms with Crippen molar-refractivity contribution in [2.45, 2.75) is 0 Å². The molecule has 3 heterocycles. The molecule has 0 spiro atoms. The third-order valence-corrected chi connectivity index (χ3v) is 5.27.